The average Bonchev–Trinajstić information content (AvgIpc) is 3.00. The lowest BCUT2D eigenvalue weighted by Crippen LogP contribution is -2.25. The Bertz CT molecular complexity index is 1020. The van der Waals surface area contributed by atoms with Gasteiger partial charge in [-0.2, -0.15) is 0 Å². The first kappa shape index (κ1) is 18.3. The van der Waals surface area contributed by atoms with E-state index in [1.54, 1.807) is 6.08 Å². The standard InChI is InChI=1S/C19H21N3O3S/c1-3-5-10-14(18(24)25)26-19-21-15-12-8-6-7-9-13(12)20-16(15)17(23)22(19)11-4-2/h4,6-9,14,20H,2-3,5,10-11H2,1H3,(H,24,25)/t14-/m0/s1. The number of aromatic nitrogens is 3. The molecule has 26 heavy (non-hydrogen) atoms. The van der Waals surface area contributed by atoms with Crippen molar-refractivity contribution in [3.8, 4) is 0 Å². The molecule has 136 valence electrons. The van der Waals surface area contributed by atoms with Gasteiger partial charge in [0, 0.05) is 17.4 Å². The Kier molecular flexibility index (Phi) is 5.46. The Morgan fingerprint density at radius 2 is 2.23 bits per heavy atom. The highest BCUT2D eigenvalue weighted by atomic mass is 32.2. The zero-order valence-corrected chi connectivity index (χ0v) is 15.4. The van der Waals surface area contributed by atoms with E-state index in [-0.39, 0.29) is 12.1 Å². The molecule has 2 aromatic heterocycles. The maximum absolute atomic E-state index is 13.0. The van der Waals surface area contributed by atoms with E-state index in [2.05, 4.69) is 16.5 Å². The van der Waals surface area contributed by atoms with Gasteiger partial charge in [-0.25, -0.2) is 4.98 Å². The first-order valence-electron chi connectivity index (χ1n) is 8.58. The van der Waals surface area contributed by atoms with E-state index in [0.717, 1.165) is 35.5 Å². The summed E-state index contributed by atoms with van der Waals surface area (Å²) in [5.74, 6) is -0.887. The minimum atomic E-state index is -0.887. The van der Waals surface area contributed by atoms with Crippen molar-refractivity contribution >= 4 is 39.7 Å². The highest BCUT2D eigenvalue weighted by Gasteiger charge is 2.23. The second kappa shape index (κ2) is 7.78. The minimum Gasteiger partial charge on any atom is -0.480 e. The summed E-state index contributed by atoms with van der Waals surface area (Å²) in [6.07, 6.45) is 3.87. The van der Waals surface area contributed by atoms with Gasteiger partial charge in [-0.05, 0) is 12.5 Å². The summed E-state index contributed by atoms with van der Waals surface area (Å²) in [5, 5.41) is 10.2. The Balaban J connectivity index is 2.17. The lowest BCUT2D eigenvalue weighted by Gasteiger charge is -2.14. The minimum absolute atomic E-state index is 0.215. The fourth-order valence-corrected chi connectivity index (χ4v) is 3.97. The van der Waals surface area contributed by atoms with Crippen LogP contribution in [-0.2, 0) is 11.3 Å². The van der Waals surface area contributed by atoms with Crippen molar-refractivity contribution in [3.63, 3.8) is 0 Å². The molecule has 0 radical (unpaired) electrons. The summed E-state index contributed by atoms with van der Waals surface area (Å²) in [6, 6.07) is 7.57. The molecule has 0 bridgehead atoms. The number of hydrogen-bond donors (Lipinski definition) is 2. The summed E-state index contributed by atoms with van der Waals surface area (Å²) in [5.41, 5.74) is 1.62. The van der Waals surface area contributed by atoms with Crippen LogP contribution in [0.5, 0.6) is 0 Å². The molecule has 0 aliphatic heterocycles. The molecule has 7 heteroatoms. The molecule has 3 rings (SSSR count). The molecule has 0 saturated heterocycles. The number of allylic oxidation sites excluding steroid dienone is 1. The van der Waals surface area contributed by atoms with Crippen molar-refractivity contribution < 1.29 is 9.90 Å². The molecule has 1 aromatic carbocycles. The van der Waals surface area contributed by atoms with Gasteiger partial charge >= 0.3 is 5.97 Å². The molecular formula is C19H21N3O3S. The van der Waals surface area contributed by atoms with Gasteiger partial charge < -0.3 is 10.1 Å². The highest BCUT2D eigenvalue weighted by Crippen LogP contribution is 2.28. The number of benzene rings is 1. The van der Waals surface area contributed by atoms with Crippen LogP contribution >= 0.6 is 11.8 Å². The van der Waals surface area contributed by atoms with Gasteiger partial charge in [-0.15, -0.1) is 6.58 Å². The number of carboxylic acids is 1. The van der Waals surface area contributed by atoms with Crippen molar-refractivity contribution in [1.82, 2.24) is 14.5 Å². The van der Waals surface area contributed by atoms with Gasteiger partial charge in [0.25, 0.3) is 5.56 Å². The Labute approximate surface area is 154 Å². The average molecular weight is 371 g/mol. The van der Waals surface area contributed by atoms with Crippen molar-refractivity contribution in [1.29, 1.82) is 0 Å². The molecule has 2 N–H and O–H groups in total. The lowest BCUT2D eigenvalue weighted by atomic mass is 10.2. The van der Waals surface area contributed by atoms with Crippen molar-refractivity contribution in [2.24, 2.45) is 0 Å². The number of aromatic amines is 1. The van der Waals surface area contributed by atoms with Crippen LogP contribution in [0, 0.1) is 0 Å². The smallest absolute Gasteiger partial charge is 0.317 e. The van der Waals surface area contributed by atoms with E-state index in [0.29, 0.717) is 22.6 Å². The molecule has 0 amide bonds. The van der Waals surface area contributed by atoms with Crippen molar-refractivity contribution in [2.45, 2.75) is 43.1 Å². The molecule has 0 aliphatic carbocycles. The van der Waals surface area contributed by atoms with Gasteiger partial charge in [0.05, 0.1) is 0 Å². The normalized spacial score (nSPS) is 12.5. The van der Waals surface area contributed by atoms with Crippen LogP contribution in [0.15, 0.2) is 46.9 Å². The molecule has 0 aliphatic rings. The number of rotatable bonds is 8. The van der Waals surface area contributed by atoms with Gasteiger partial charge in [0.1, 0.15) is 16.3 Å². The summed E-state index contributed by atoms with van der Waals surface area (Å²) in [7, 11) is 0. The fraction of sp³-hybridized carbons (Fsp3) is 0.316. The van der Waals surface area contributed by atoms with Crippen molar-refractivity contribution in [2.75, 3.05) is 0 Å². The van der Waals surface area contributed by atoms with Crippen molar-refractivity contribution in [3.05, 3.63) is 47.3 Å². The number of unbranched alkanes of at least 4 members (excludes halogenated alkanes) is 1. The number of aliphatic carboxylic acids is 1. The zero-order chi connectivity index (χ0) is 18.7. The number of H-pyrrole nitrogens is 1. The van der Waals surface area contributed by atoms with Crippen LogP contribution in [0.4, 0.5) is 0 Å². The molecule has 3 aromatic rings. The van der Waals surface area contributed by atoms with Gasteiger partial charge in [0.15, 0.2) is 5.16 Å². The van der Waals surface area contributed by atoms with Crippen LogP contribution in [-0.4, -0.2) is 30.9 Å². The number of fused-ring (bicyclic) bond motifs is 3. The maximum atomic E-state index is 13.0. The number of para-hydroxylation sites is 1. The van der Waals surface area contributed by atoms with Crippen LogP contribution < -0.4 is 5.56 Å². The van der Waals surface area contributed by atoms with E-state index < -0.39 is 11.2 Å². The molecule has 0 spiro atoms. The summed E-state index contributed by atoms with van der Waals surface area (Å²) < 4.78 is 1.48. The van der Waals surface area contributed by atoms with Gasteiger partial charge in [-0.1, -0.05) is 55.8 Å². The third kappa shape index (κ3) is 3.39. The third-order valence-corrected chi connectivity index (χ3v) is 5.48. The third-order valence-electron chi connectivity index (χ3n) is 4.23. The highest BCUT2D eigenvalue weighted by molar-refractivity contribution is 8.00. The Morgan fingerprint density at radius 3 is 2.92 bits per heavy atom. The maximum Gasteiger partial charge on any atom is 0.317 e. The van der Waals surface area contributed by atoms with Crippen LogP contribution in [0.1, 0.15) is 26.2 Å². The van der Waals surface area contributed by atoms with E-state index in [4.69, 9.17) is 0 Å². The first-order valence-corrected chi connectivity index (χ1v) is 9.46. The molecular weight excluding hydrogens is 350 g/mol. The number of carboxylic acid groups (broad SMARTS) is 1. The molecule has 1 atom stereocenters. The topological polar surface area (TPSA) is 88.0 Å². The monoisotopic (exact) mass is 371 g/mol. The number of nitrogens with one attached hydrogen (secondary N) is 1. The number of carbonyl (C=O) groups is 1. The molecule has 0 saturated carbocycles. The summed E-state index contributed by atoms with van der Waals surface area (Å²) >= 11 is 1.13. The fourth-order valence-electron chi connectivity index (χ4n) is 2.91. The Hall–Kier alpha value is -2.54. The first-order chi connectivity index (χ1) is 12.6. The molecule has 0 fully saturated rings. The van der Waals surface area contributed by atoms with Crippen LogP contribution in [0.25, 0.3) is 21.9 Å². The molecule has 0 unspecified atom stereocenters. The number of thioether (sulfide) groups is 1. The largest absolute Gasteiger partial charge is 0.480 e. The second-order valence-electron chi connectivity index (χ2n) is 6.08. The zero-order valence-electron chi connectivity index (χ0n) is 14.6. The van der Waals surface area contributed by atoms with Gasteiger partial charge in [0.2, 0.25) is 0 Å². The molecule has 2 heterocycles. The quantitative estimate of drug-likeness (QED) is 0.357. The van der Waals surface area contributed by atoms with E-state index in [1.165, 1.54) is 4.57 Å². The number of nitrogens with zero attached hydrogens (tertiary/aromatic N) is 2. The predicted octanol–water partition coefficient (Wildman–Crippen LogP) is 3.80. The second-order valence-corrected chi connectivity index (χ2v) is 7.25. The SMILES string of the molecule is C=CCn1c(S[C@@H](CCCC)C(=O)O)nc2c([nH]c3ccccc32)c1=O. The van der Waals surface area contributed by atoms with E-state index in [9.17, 15) is 14.7 Å². The summed E-state index contributed by atoms with van der Waals surface area (Å²) in [6.45, 7) is 6.00. The lowest BCUT2D eigenvalue weighted by molar-refractivity contribution is -0.136. The molecule has 6 nitrogen and oxygen atoms in total. The van der Waals surface area contributed by atoms with Crippen LogP contribution in [0.2, 0.25) is 0 Å². The number of hydrogen-bond acceptors (Lipinski definition) is 4. The van der Waals surface area contributed by atoms with E-state index >= 15 is 0 Å². The van der Waals surface area contributed by atoms with Gasteiger partial charge in [-0.3, -0.25) is 14.2 Å². The van der Waals surface area contributed by atoms with Crippen LogP contribution in [0.3, 0.4) is 0 Å². The predicted molar refractivity (Wildman–Crippen MR) is 105 cm³/mol. The Morgan fingerprint density at radius 1 is 1.46 bits per heavy atom. The summed E-state index contributed by atoms with van der Waals surface area (Å²) in [4.78, 5) is 32.4. The van der Waals surface area contributed by atoms with E-state index in [1.807, 2.05) is 31.2 Å².